The summed E-state index contributed by atoms with van der Waals surface area (Å²) in [6, 6.07) is 0.591. The molecule has 6 nitrogen and oxygen atoms in total. The van der Waals surface area contributed by atoms with Crippen molar-refractivity contribution in [1.29, 1.82) is 0 Å². The topological polar surface area (TPSA) is 72.9 Å². The predicted molar refractivity (Wildman–Crippen MR) is 87.2 cm³/mol. The molecule has 3 aliphatic rings. The zero-order valence-corrected chi connectivity index (χ0v) is 14.0. The van der Waals surface area contributed by atoms with Gasteiger partial charge in [0.1, 0.15) is 0 Å². The summed E-state index contributed by atoms with van der Waals surface area (Å²) in [7, 11) is 0. The Balaban J connectivity index is 1.40. The van der Waals surface area contributed by atoms with Gasteiger partial charge in [-0.1, -0.05) is 6.92 Å². The fourth-order valence-electron chi connectivity index (χ4n) is 3.63. The van der Waals surface area contributed by atoms with Gasteiger partial charge in [-0.05, 0) is 50.4 Å². The van der Waals surface area contributed by atoms with Crippen molar-refractivity contribution in [1.82, 2.24) is 15.1 Å². The number of carbonyl (C=O) groups excluding carboxylic acids is 1. The van der Waals surface area contributed by atoms with Gasteiger partial charge in [-0.2, -0.15) is 0 Å². The average Bonchev–Trinajstić information content (AvgIpc) is 3.25. The Labute approximate surface area is 138 Å². The lowest BCUT2D eigenvalue weighted by Crippen LogP contribution is -2.57. The number of hydrogen-bond acceptors (Lipinski definition) is 3. The molecule has 0 aromatic rings. The zero-order chi connectivity index (χ0) is 16.4. The summed E-state index contributed by atoms with van der Waals surface area (Å²) >= 11 is 0. The lowest BCUT2D eigenvalue weighted by atomic mass is 9.85. The highest BCUT2D eigenvalue weighted by Gasteiger charge is 2.38. The van der Waals surface area contributed by atoms with Gasteiger partial charge in [0.2, 0.25) is 0 Å². The number of rotatable bonds is 6. The molecule has 1 aliphatic heterocycles. The summed E-state index contributed by atoms with van der Waals surface area (Å²) in [5, 5.41) is 12.2. The summed E-state index contributed by atoms with van der Waals surface area (Å²) in [5.41, 5.74) is 0. The van der Waals surface area contributed by atoms with Crippen LogP contribution in [0.3, 0.4) is 0 Å². The average molecular weight is 323 g/mol. The molecular formula is C17H29N3O3. The van der Waals surface area contributed by atoms with Gasteiger partial charge in [0.15, 0.2) is 0 Å². The number of piperidine rings is 1. The van der Waals surface area contributed by atoms with Crippen molar-refractivity contribution >= 4 is 12.0 Å². The minimum Gasteiger partial charge on any atom is -0.480 e. The van der Waals surface area contributed by atoms with Crippen LogP contribution in [-0.4, -0.2) is 65.2 Å². The Hall–Kier alpha value is -1.30. The van der Waals surface area contributed by atoms with Crippen molar-refractivity contribution in [2.75, 3.05) is 26.2 Å². The highest BCUT2D eigenvalue weighted by Crippen LogP contribution is 2.33. The Morgan fingerprint density at radius 2 is 1.83 bits per heavy atom. The van der Waals surface area contributed by atoms with Crippen LogP contribution in [0.25, 0.3) is 0 Å². The quantitative estimate of drug-likeness (QED) is 0.781. The molecule has 2 aliphatic carbocycles. The third kappa shape index (κ3) is 4.59. The number of likely N-dealkylation sites (tertiary alicyclic amines) is 1. The van der Waals surface area contributed by atoms with Crippen LogP contribution < -0.4 is 5.32 Å². The zero-order valence-electron chi connectivity index (χ0n) is 14.0. The van der Waals surface area contributed by atoms with Crippen LogP contribution in [0.5, 0.6) is 0 Å². The number of nitrogens with one attached hydrogen (secondary N) is 1. The number of carboxylic acid groups (broad SMARTS) is 1. The van der Waals surface area contributed by atoms with E-state index in [9.17, 15) is 9.59 Å². The molecule has 2 N–H and O–H groups in total. The van der Waals surface area contributed by atoms with Gasteiger partial charge in [0.05, 0.1) is 6.54 Å². The smallest absolute Gasteiger partial charge is 0.317 e. The second-order valence-corrected chi connectivity index (χ2v) is 7.71. The number of carbonyl (C=O) groups is 2. The molecule has 0 radical (unpaired) electrons. The number of nitrogens with zero attached hydrogens (tertiary/aromatic N) is 2. The number of hydrogen-bond donors (Lipinski definition) is 2. The first-order valence-corrected chi connectivity index (χ1v) is 9.02. The third-order valence-corrected chi connectivity index (χ3v) is 5.56. The molecule has 3 rings (SSSR count). The van der Waals surface area contributed by atoms with Crippen molar-refractivity contribution in [2.45, 2.75) is 57.5 Å². The molecule has 2 saturated carbocycles. The van der Waals surface area contributed by atoms with E-state index >= 15 is 0 Å². The monoisotopic (exact) mass is 323 g/mol. The maximum atomic E-state index is 12.3. The highest BCUT2D eigenvalue weighted by molar-refractivity contribution is 5.74. The van der Waals surface area contributed by atoms with Crippen molar-refractivity contribution in [2.24, 2.45) is 11.8 Å². The van der Waals surface area contributed by atoms with Crippen LogP contribution in [-0.2, 0) is 4.79 Å². The molecule has 23 heavy (non-hydrogen) atoms. The molecule has 2 amide bonds. The van der Waals surface area contributed by atoms with E-state index < -0.39 is 5.97 Å². The van der Waals surface area contributed by atoms with Gasteiger partial charge < -0.3 is 15.3 Å². The second kappa shape index (κ2) is 7.07. The van der Waals surface area contributed by atoms with Crippen LogP contribution in [0, 0.1) is 11.8 Å². The molecule has 0 bridgehead atoms. The first-order valence-electron chi connectivity index (χ1n) is 9.02. The van der Waals surface area contributed by atoms with Crippen LogP contribution in [0.2, 0.25) is 0 Å². The Morgan fingerprint density at radius 3 is 2.39 bits per heavy atom. The van der Waals surface area contributed by atoms with E-state index in [0.717, 1.165) is 51.2 Å². The second-order valence-electron chi connectivity index (χ2n) is 7.71. The number of amides is 2. The Bertz CT molecular complexity index is 438. The first-order chi connectivity index (χ1) is 11.0. The van der Waals surface area contributed by atoms with Gasteiger partial charge in [0.25, 0.3) is 0 Å². The molecule has 6 heteroatoms. The molecule has 1 heterocycles. The van der Waals surface area contributed by atoms with Gasteiger partial charge in [-0.3, -0.25) is 9.69 Å². The molecule has 0 unspecified atom stereocenters. The molecule has 130 valence electrons. The first kappa shape index (κ1) is 16.6. The van der Waals surface area contributed by atoms with Gasteiger partial charge in [-0.25, -0.2) is 4.79 Å². The van der Waals surface area contributed by atoms with Gasteiger partial charge in [-0.15, -0.1) is 0 Å². The molecule has 0 atom stereocenters. The van der Waals surface area contributed by atoms with Crippen LogP contribution in [0.15, 0.2) is 0 Å². The lowest BCUT2D eigenvalue weighted by molar-refractivity contribution is -0.139. The maximum absolute atomic E-state index is 12.3. The standard InChI is InChI=1S/C17H29N3O3/c1-12-4-6-19(7-5-12)17(23)18-14-8-15(9-14)20(11-16(21)22)10-13-2-3-13/h12-15H,2-11H2,1H3,(H,18,23)(H,21,22). The molecule has 0 spiro atoms. The van der Waals surface area contributed by atoms with E-state index in [1.165, 1.54) is 12.8 Å². The van der Waals surface area contributed by atoms with Crippen molar-refractivity contribution in [3.63, 3.8) is 0 Å². The summed E-state index contributed by atoms with van der Waals surface area (Å²) in [4.78, 5) is 27.3. The SMILES string of the molecule is CC1CCN(C(=O)NC2CC(N(CC(=O)O)CC3CC3)C2)CC1. The molecule has 0 aromatic heterocycles. The normalized spacial score (nSPS) is 28.5. The predicted octanol–water partition coefficient (Wildman–Crippen LogP) is 1.76. The molecular weight excluding hydrogens is 294 g/mol. The van der Waals surface area contributed by atoms with E-state index in [4.69, 9.17) is 5.11 Å². The molecule has 0 aromatic carbocycles. The van der Waals surface area contributed by atoms with E-state index in [0.29, 0.717) is 12.0 Å². The maximum Gasteiger partial charge on any atom is 0.317 e. The van der Waals surface area contributed by atoms with Crippen LogP contribution in [0.4, 0.5) is 4.79 Å². The van der Waals surface area contributed by atoms with Gasteiger partial charge in [0, 0.05) is 31.7 Å². The fourth-order valence-corrected chi connectivity index (χ4v) is 3.63. The Kier molecular flexibility index (Phi) is 5.09. The van der Waals surface area contributed by atoms with E-state index in [1.807, 2.05) is 4.90 Å². The molecule has 1 saturated heterocycles. The fraction of sp³-hybridized carbons (Fsp3) is 0.882. The van der Waals surface area contributed by atoms with Gasteiger partial charge >= 0.3 is 12.0 Å². The van der Waals surface area contributed by atoms with Crippen molar-refractivity contribution in [3.8, 4) is 0 Å². The minimum absolute atomic E-state index is 0.0623. The summed E-state index contributed by atoms with van der Waals surface area (Å²) in [5.74, 6) is 0.665. The van der Waals surface area contributed by atoms with Crippen LogP contribution >= 0.6 is 0 Å². The number of urea groups is 1. The Morgan fingerprint density at radius 1 is 1.17 bits per heavy atom. The number of aliphatic carboxylic acids is 1. The summed E-state index contributed by atoms with van der Waals surface area (Å²) in [6.07, 6.45) is 6.42. The number of carboxylic acids is 1. The summed E-state index contributed by atoms with van der Waals surface area (Å²) in [6.45, 7) is 4.99. The summed E-state index contributed by atoms with van der Waals surface area (Å²) < 4.78 is 0. The van der Waals surface area contributed by atoms with Crippen LogP contribution in [0.1, 0.15) is 45.4 Å². The highest BCUT2D eigenvalue weighted by atomic mass is 16.4. The van der Waals surface area contributed by atoms with E-state index in [1.54, 1.807) is 0 Å². The van der Waals surface area contributed by atoms with E-state index in [-0.39, 0.29) is 18.6 Å². The van der Waals surface area contributed by atoms with Crippen molar-refractivity contribution in [3.05, 3.63) is 0 Å². The van der Waals surface area contributed by atoms with E-state index in [2.05, 4.69) is 17.1 Å². The molecule has 3 fully saturated rings. The minimum atomic E-state index is -0.749. The van der Waals surface area contributed by atoms with Crippen molar-refractivity contribution < 1.29 is 14.7 Å². The largest absolute Gasteiger partial charge is 0.480 e. The third-order valence-electron chi connectivity index (χ3n) is 5.56. The lowest BCUT2D eigenvalue weighted by Gasteiger charge is -2.43.